The van der Waals surface area contributed by atoms with Crippen molar-refractivity contribution in [2.75, 3.05) is 11.9 Å². The van der Waals surface area contributed by atoms with Crippen molar-refractivity contribution in [1.82, 2.24) is 19.7 Å². The van der Waals surface area contributed by atoms with Crippen LogP contribution in [0.15, 0.2) is 35.8 Å². The maximum absolute atomic E-state index is 12.4. The second-order valence-corrected chi connectivity index (χ2v) is 5.86. The average Bonchev–Trinajstić information content (AvgIpc) is 3.16. The Morgan fingerprint density at radius 1 is 1.32 bits per heavy atom. The highest BCUT2D eigenvalue weighted by Crippen LogP contribution is 2.18. The predicted octanol–water partition coefficient (Wildman–Crippen LogP) is 2.96. The number of rotatable bonds is 3. The highest BCUT2D eigenvalue weighted by Gasteiger charge is 2.21. The molecule has 1 amide bonds. The van der Waals surface area contributed by atoms with Crippen LogP contribution in [0.2, 0.25) is 5.02 Å². The molecule has 0 bridgehead atoms. The number of benzene rings is 1. The molecule has 2 heterocycles. The number of hydrogen-bond acceptors (Lipinski definition) is 5. The largest absolute Gasteiger partial charge is 0.299 e. The Bertz CT molecular complexity index is 797. The van der Waals surface area contributed by atoms with Gasteiger partial charge < -0.3 is 0 Å². The molecule has 0 saturated carbocycles. The lowest BCUT2D eigenvalue weighted by molar-refractivity contribution is 0.0983. The molecule has 22 heavy (non-hydrogen) atoms. The van der Waals surface area contributed by atoms with Crippen molar-refractivity contribution in [2.45, 2.75) is 6.92 Å². The Labute approximate surface area is 136 Å². The summed E-state index contributed by atoms with van der Waals surface area (Å²) in [6, 6.07) is 7.17. The quantitative estimate of drug-likeness (QED) is 0.739. The van der Waals surface area contributed by atoms with Gasteiger partial charge in [0.25, 0.3) is 5.91 Å². The van der Waals surface area contributed by atoms with Crippen LogP contribution in [0.1, 0.15) is 16.4 Å². The van der Waals surface area contributed by atoms with Crippen LogP contribution in [0.5, 0.6) is 0 Å². The number of nitrogens with zero attached hydrogens (tertiary/aromatic N) is 5. The summed E-state index contributed by atoms with van der Waals surface area (Å²) in [7, 11) is 1.65. The van der Waals surface area contributed by atoms with Crippen LogP contribution in [0, 0.1) is 6.92 Å². The van der Waals surface area contributed by atoms with E-state index >= 15 is 0 Å². The van der Waals surface area contributed by atoms with Gasteiger partial charge in [-0.3, -0.25) is 9.69 Å². The molecule has 112 valence electrons. The minimum absolute atomic E-state index is 0.130. The van der Waals surface area contributed by atoms with Crippen LogP contribution in [-0.4, -0.2) is 32.7 Å². The Hall–Kier alpha value is -2.25. The van der Waals surface area contributed by atoms with Gasteiger partial charge in [-0.25, -0.2) is 14.6 Å². The van der Waals surface area contributed by atoms with E-state index in [1.165, 1.54) is 16.2 Å². The molecule has 0 aliphatic heterocycles. The van der Waals surface area contributed by atoms with Gasteiger partial charge in [0.15, 0.2) is 5.13 Å². The maximum Gasteiger partial charge on any atom is 0.299 e. The van der Waals surface area contributed by atoms with Crippen LogP contribution in [0.25, 0.3) is 5.69 Å². The molecule has 1 aromatic carbocycles. The van der Waals surface area contributed by atoms with Crippen LogP contribution in [0.4, 0.5) is 5.13 Å². The Kier molecular flexibility index (Phi) is 3.91. The molecule has 6 nitrogen and oxygen atoms in total. The van der Waals surface area contributed by atoms with E-state index in [2.05, 4.69) is 15.1 Å². The van der Waals surface area contributed by atoms with E-state index in [0.717, 1.165) is 5.69 Å². The third-order valence-electron chi connectivity index (χ3n) is 3.04. The lowest BCUT2D eigenvalue weighted by atomic mass is 10.3. The summed E-state index contributed by atoms with van der Waals surface area (Å²) in [5, 5.41) is 7.34. The van der Waals surface area contributed by atoms with E-state index in [-0.39, 0.29) is 11.7 Å². The third kappa shape index (κ3) is 2.72. The van der Waals surface area contributed by atoms with Crippen molar-refractivity contribution in [3.05, 3.63) is 52.5 Å². The van der Waals surface area contributed by atoms with Crippen molar-refractivity contribution in [3.63, 3.8) is 0 Å². The van der Waals surface area contributed by atoms with Gasteiger partial charge in [-0.2, -0.15) is 0 Å². The molecule has 0 atom stereocenters. The number of carbonyl (C=O) groups excluding carboxylic acids is 1. The lowest BCUT2D eigenvalue weighted by Crippen LogP contribution is -2.27. The number of amides is 1. The maximum atomic E-state index is 12.4. The van der Waals surface area contributed by atoms with Crippen molar-refractivity contribution < 1.29 is 4.79 Å². The normalized spacial score (nSPS) is 10.7. The van der Waals surface area contributed by atoms with Crippen LogP contribution < -0.4 is 4.90 Å². The average molecular weight is 334 g/mol. The van der Waals surface area contributed by atoms with E-state index in [0.29, 0.717) is 16.0 Å². The number of thiazole rings is 1. The first-order valence-electron chi connectivity index (χ1n) is 6.43. The van der Waals surface area contributed by atoms with E-state index in [1.807, 2.05) is 17.5 Å². The van der Waals surface area contributed by atoms with Gasteiger partial charge in [0.1, 0.15) is 5.82 Å². The van der Waals surface area contributed by atoms with E-state index < -0.39 is 0 Å². The predicted molar refractivity (Wildman–Crippen MR) is 86.0 cm³/mol. The first-order chi connectivity index (χ1) is 10.6. The number of aryl methyl sites for hydroxylation is 1. The fourth-order valence-corrected chi connectivity index (χ4v) is 2.66. The van der Waals surface area contributed by atoms with Gasteiger partial charge in [-0.05, 0) is 31.2 Å². The molecule has 0 saturated heterocycles. The van der Waals surface area contributed by atoms with E-state index in [9.17, 15) is 4.79 Å². The van der Waals surface area contributed by atoms with Gasteiger partial charge in [-0.1, -0.05) is 11.6 Å². The third-order valence-corrected chi connectivity index (χ3v) is 4.14. The number of anilines is 1. The Morgan fingerprint density at radius 2 is 2.05 bits per heavy atom. The molecule has 0 unspecified atom stereocenters. The number of halogens is 1. The molecule has 0 fully saturated rings. The minimum atomic E-state index is -0.300. The monoisotopic (exact) mass is 333 g/mol. The van der Waals surface area contributed by atoms with Gasteiger partial charge >= 0.3 is 0 Å². The number of aromatic nitrogens is 4. The summed E-state index contributed by atoms with van der Waals surface area (Å²) in [6.45, 7) is 1.79. The molecule has 0 N–H and O–H groups in total. The summed E-state index contributed by atoms with van der Waals surface area (Å²) in [5.74, 6) is 0.453. The van der Waals surface area contributed by atoms with Crippen molar-refractivity contribution in [3.8, 4) is 5.69 Å². The molecule has 3 rings (SSSR count). The van der Waals surface area contributed by atoms with Gasteiger partial charge in [0, 0.05) is 23.6 Å². The van der Waals surface area contributed by atoms with Gasteiger partial charge in [0.05, 0.1) is 5.69 Å². The fourth-order valence-electron chi connectivity index (χ4n) is 1.93. The standard InChI is InChI=1S/C14H12ClN5OS/c1-9-17-12(13(21)19(2)14-16-7-8-22-14)18-20(9)11-5-3-10(15)4-6-11/h3-8H,1-2H3. The summed E-state index contributed by atoms with van der Waals surface area (Å²) in [5.41, 5.74) is 0.797. The summed E-state index contributed by atoms with van der Waals surface area (Å²) >= 11 is 7.26. The smallest absolute Gasteiger partial charge is 0.284 e. The van der Waals surface area contributed by atoms with Crippen molar-refractivity contribution in [1.29, 1.82) is 0 Å². The van der Waals surface area contributed by atoms with Gasteiger partial charge in [-0.15, -0.1) is 16.4 Å². The van der Waals surface area contributed by atoms with E-state index in [1.54, 1.807) is 37.0 Å². The molecule has 3 aromatic rings. The first-order valence-corrected chi connectivity index (χ1v) is 7.69. The number of hydrogen-bond donors (Lipinski definition) is 0. The Balaban J connectivity index is 1.92. The fraction of sp³-hybridized carbons (Fsp3) is 0.143. The van der Waals surface area contributed by atoms with Crippen molar-refractivity contribution >= 4 is 34.0 Å². The second-order valence-electron chi connectivity index (χ2n) is 4.55. The zero-order valence-electron chi connectivity index (χ0n) is 11.9. The molecule has 8 heteroatoms. The molecule has 0 aliphatic carbocycles. The zero-order valence-corrected chi connectivity index (χ0v) is 13.5. The number of carbonyl (C=O) groups is 1. The molecular formula is C14H12ClN5OS. The minimum Gasteiger partial charge on any atom is -0.284 e. The summed E-state index contributed by atoms with van der Waals surface area (Å²) in [6.07, 6.45) is 1.65. The highest BCUT2D eigenvalue weighted by atomic mass is 35.5. The highest BCUT2D eigenvalue weighted by molar-refractivity contribution is 7.13. The molecule has 0 aliphatic rings. The van der Waals surface area contributed by atoms with Crippen molar-refractivity contribution in [2.24, 2.45) is 0 Å². The SMILES string of the molecule is Cc1nc(C(=O)N(C)c2nccs2)nn1-c1ccc(Cl)cc1. The molecule has 0 radical (unpaired) electrons. The summed E-state index contributed by atoms with van der Waals surface area (Å²) < 4.78 is 1.61. The molecular weight excluding hydrogens is 322 g/mol. The molecule has 0 spiro atoms. The summed E-state index contributed by atoms with van der Waals surface area (Å²) in [4.78, 5) is 22.2. The van der Waals surface area contributed by atoms with Crippen LogP contribution in [0.3, 0.4) is 0 Å². The second kappa shape index (κ2) is 5.86. The zero-order chi connectivity index (χ0) is 15.7. The lowest BCUT2D eigenvalue weighted by Gasteiger charge is -2.10. The molecule has 2 aromatic heterocycles. The first kappa shape index (κ1) is 14.7. The van der Waals surface area contributed by atoms with E-state index in [4.69, 9.17) is 11.6 Å². The van der Waals surface area contributed by atoms with Crippen LogP contribution in [-0.2, 0) is 0 Å². The van der Waals surface area contributed by atoms with Crippen LogP contribution >= 0.6 is 22.9 Å². The van der Waals surface area contributed by atoms with Gasteiger partial charge in [0.2, 0.25) is 5.82 Å². The Morgan fingerprint density at radius 3 is 2.68 bits per heavy atom. The topological polar surface area (TPSA) is 63.9 Å².